The molecule has 1 aliphatic carbocycles. The Hall–Kier alpha value is -2.62. The molecule has 4 N–H and O–H groups in total. The van der Waals surface area contributed by atoms with E-state index in [0.29, 0.717) is 4.68 Å². The van der Waals surface area contributed by atoms with E-state index >= 15 is 0 Å². The zero-order valence-corrected chi connectivity index (χ0v) is 14.8. The van der Waals surface area contributed by atoms with Crippen LogP contribution in [-0.2, 0) is 0 Å². The minimum Gasteiger partial charge on any atom is -0.492 e. The molecule has 10 heteroatoms. The van der Waals surface area contributed by atoms with Gasteiger partial charge in [-0.1, -0.05) is 0 Å². The summed E-state index contributed by atoms with van der Waals surface area (Å²) in [5, 5.41) is -0.0477. The predicted octanol–water partition coefficient (Wildman–Crippen LogP) is 0.0926. The van der Waals surface area contributed by atoms with Crippen LogP contribution in [0.3, 0.4) is 0 Å². The van der Waals surface area contributed by atoms with E-state index in [0.717, 1.165) is 18.9 Å². The Morgan fingerprint density at radius 1 is 1.30 bits per heavy atom. The number of ether oxygens (including phenoxy) is 1. The molecule has 4 rings (SSSR count). The van der Waals surface area contributed by atoms with Gasteiger partial charge in [0, 0.05) is 25.0 Å². The molecule has 2 aliphatic rings. The van der Waals surface area contributed by atoms with Gasteiger partial charge in [-0.3, -0.25) is 9.36 Å². The second-order valence-corrected chi connectivity index (χ2v) is 7.11. The highest BCUT2D eigenvalue weighted by molar-refractivity contribution is 5.91. The first-order chi connectivity index (χ1) is 12.9. The van der Waals surface area contributed by atoms with Crippen LogP contribution in [0.5, 0.6) is 5.75 Å². The Bertz CT molecular complexity index is 1030. The first kappa shape index (κ1) is 17.8. The molecule has 27 heavy (non-hydrogen) atoms. The number of hydrogen-bond acceptors (Lipinski definition) is 6. The van der Waals surface area contributed by atoms with Gasteiger partial charge in [-0.05, 0) is 25.5 Å². The quantitative estimate of drug-likeness (QED) is 0.727. The van der Waals surface area contributed by atoms with Gasteiger partial charge in [0.2, 0.25) is 0 Å². The minimum absolute atomic E-state index is 0.0339. The second-order valence-electron chi connectivity index (χ2n) is 7.11. The van der Waals surface area contributed by atoms with Crippen LogP contribution in [0, 0.1) is 11.7 Å². The summed E-state index contributed by atoms with van der Waals surface area (Å²) in [6.45, 7) is 0.320. The Morgan fingerprint density at radius 2 is 2.00 bits per heavy atom. The van der Waals surface area contributed by atoms with Gasteiger partial charge < -0.3 is 21.2 Å². The van der Waals surface area contributed by atoms with Crippen molar-refractivity contribution in [2.45, 2.75) is 25.1 Å². The first-order valence-corrected chi connectivity index (χ1v) is 8.80. The highest BCUT2D eigenvalue weighted by Crippen LogP contribution is 2.43. The molecular formula is C17H21F2N5O3. The number of alkyl halides is 1. The van der Waals surface area contributed by atoms with Gasteiger partial charge in [-0.15, -0.1) is 0 Å². The third kappa shape index (κ3) is 2.58. The van der Waals surface area contributed by atoms with Crippen molar-refractivity contribution in [2.24, 2.45) is 11.7 Å². The van der Waals surface area contributed by atoms with Gasteiger partial charge in [-0.25, -0.2) is 13.6 Å². The lowest BCUT2D eigenvalue weighted by atomic mass is 10.1. The van der Waals surface area contributed by atoms with Crippen molar-refractivity contribution in [3.8, 4) is 5.75 Å². The van der Waals surface area contributed by atoms with Crippen LogP contribution in [0.15, 0.2) is 15.7 Å². The van der Waals surface area contributed by atoms with Crippen LogP contribution in [0.25, 0.3) is 10.9 Å². The number of rotatable bonds is 4. The lowest BCUT2D eigenvalue weighted by Gasteiger charge is -2.24. The summed E-state index contributed by atoms with van der Waals surface area (Å²) in [5.74, 6) is 4.49. The van der Waals surface area contributed by atoms with Crippen molar-refractivity contribution in [2.75, 3.05) is 37.5 Å². The van der Waals surface area contributed by atoms with E-state index < -0.39 is 29.2 Å². The molecule has 1 aromatic heterocycles. The minimum atomic E-state index is -1.20. The van der Waals surface area contributed by atoms with E-state index in [1.165, 1.54) is 16.6 Å². The topological polar surface area (TPSA) is 109 Å². The zero-order valence-electron chi connectivity index (χ0n) is 14.8. The third-order valence-corrected chi connectivity index (χ3v) is 5.38. The molecule has 2 aromatic rings. The third-order valence-electron chi connectivity index (χ3n) is 5.38. The average molecular weight is 381 g/mol. The number of hydrogen-bond donors (Lipinski definition) is 2. The van der Waals surface area contributed by atoms with Crippen molar-refractivity contribution >= 4 is 16.6 Å². The van der Waals surface area contributed by atoms with E-state index in [-0.39, 0.29) is 48.0 Å². The molecule has 2 fully saturated rings. The smallest absolute Gasteiger partial charge is 0.350 e. The van der Waals surface area contributed by atoms with Crippen molar-refractivity contribution in [3.63, 3.8) is 0 Å². The van der Waals surface area contributed by atoms with Crippen LogP contribution in [0.2, 0.25) is 0 Å². The van der Waals surface area contributed by atoms with Gasteiger partial charge in [0.15, 0.2) is 11.6 Å². The molecule has 0 spiro atoms. The second kappa shape index (κ2) is 6.22. The monoisotopic (exact) mass is 381 g/mol. The maximum Gasteiger partial charge on any atom is 0.350 e. The number of nitrogens with zero attached hydrogens (tertiary/aromatic N) is 3. The molecule has 2 heterocycles. The highest BCUT2D eigenvalue weighted by atomic mass is 19.1. The fourth-order valence-corrected chi connectivity index (χ4v) is 3.83. The van der Waals surface area contributed by atoms with Gasteiger partial charge in [0.05, 0.1) is 12.5 Å². The van der Waals surface area contributed by atoms with Crippen LogP contribution in [0.4, 0.5) is 14.5 Å². The molecule has 2 atom stereocenters. The fraction of sp³-hybridized carbons (Fsp3) is 0.529. The Kier molecular flexibility index (Phi) is 4.10. The maximum atomic E-state index is 15.0. The number of benzene rings is 1. The van der Waals surface area contributed by atoms with Gasteiger partial charge in [0.25, 0.3) is 5.56 Å². The summed E-state index contributed by atoms with van der Waals surface area (Å²) < 4.78 is 36.5. The summed E-state index contributed by atoms with van der Waals surface area (Å²) in [7, 11) is 1.33. The van der Waals surface area contributed by atoms with E-state index in [4.69, 9.17) is 16.3 Å². The van der Waals surface area contributed by atoms with Crippen molar-refractivity contribution in [1.82, 2.24) is 9.24 Å². The predicted molar refractivity (Wildman–Crippen MR) is 97.1 cm³/mol. The van der Waals surface area contributed by atoms with Crippen molar-refractivity contribution in [3.05, 3.63) is 32.7 Å². The summed E-state index contributed by atoms with van der Waals surface area (Å²) in [6, 6.07) is 0.909. The van der Waals surface area contributed by atoms with Gasteiger partial charge in [0.1, 0.15) is 17.4 Å². The van der Waals surface area contributed by atoms with E-state index in [1.807, 2.05) is 0 Å². The summed E-state index contributed by atoms with van der Waals surface area (Å²) in [6.07, 6.45) is 0.292. The molecule has 146 valence electrons. The Morgan fingerprint density at radius 3 is 2.56 bits per heavy atom. The Labute approximate surface area is 152 Å². The molecule has 0 radical (unpaired) electrons. The van der Waals surface area contributed by atoms with Crippen molar-refractivity contribution in [1.29, 1.82) is 0 Å². The summed E-state index contributed by atoms with van der Waals surface area (Å²) in [4.78, 5) is 26.6. The lowest BCUT2D eigenvalue weighted by molar-refractivity contribution is 0.289. The number of nitrogen functional groups attached to an aromatic ring is 1. The highest BCUT2D eigenvalue weighted by Gasteiger charge is 2.37. The zero-order chi connectivity index (χ0) is 19.5. The largest absolute Gasteiger partial charge is 0.492 e. The number of anilines is 1. The average Bonchev–Trinajstić information content (AvgIpc) is 3.41. The SMILES string of the molecule is COc1c(N2C[C@@H](CN)[C@@H](F)C2)c(F)cc2c(=O)n(N)c(=O)n(C3CC3)c12. The van der Waals surface area contributed by atoms with Crippen LogP contribution in [-0.4, -0.2) is 42.2 Å². The number of nitrogens with two attached hydrogens (primary N) is 2. The number of aromatic nitrogens is 2. The summed E-state index contributed by atoms with van der Waals surface area (Å²) in [5.41, 5.74) is 4.34. The van der Waals surface area contributed by atoms with E-state index in [2.05, 4.69) is 0 Å². The molecule has 1 saturated carbocycles. The first-order valence-electron chi connectivity index (χ1n) is 8.80. The van der Waals surface area contributed by atoms with E-state index in [9.17, 15) is 18.4 Å². The van der Waals surface area contributed by atoms with Crippen molar-refractivity contribution < 1.29 is 13.5 Å². The lowest BCUT2D eigenvalue weighted by Crippen LogP contribution is -2.44. The molecule has 0 unspecified atom stereocenters. The number of methoxy groups -OCH3 is 1. The van der Waals surface area contributed by atoms with E-state index in [1.54, 1.807) is 0 Å². The molecule has 8 nitrogen and oxygen atoms in total. The van der Waals surface area contributed by atoms with Crippen LogP contribution in [0.1, 0.15) is 18.9 Å². The Balaban J connectivity index is 2.03. The molecule has 0 amide bonds. The maximum absolute atomic E-state index is 15.0. The number of halogens is 2. The normalized spacial score (nSPS) is 22.6. The van der Waals surface area contributed by atoms with Crippen LogP contribution < -0.4 is 32.5 Å². The number of fused-ring (bicyclic) bond motifs is 1. The molecule has 0 bridgehead atoms. The molecule has 1 aromatic carbocycles. The molecule has 1 aliphatic heterocycles. The molecule has 1 saturated heterocycles. The van der Waals surface area contributed by atoms with Gasteiger partial charge in [-0.2, -0.15) is 4.68 Å². The van der Waals surface area contributed by atoms with Gasteiger partial charge >= 0.3 is 5.69 Å². The summed E-state index contributed by atoms with van der Waals surface area (Å²) >= 11 is 0. The molecular weight excluding hydrogens is 360 g/mol. The van der Waals surface area contributed by atoms with Crippen LogP contribution >= 0.6 is 0 Å². The standard InChI is InChI=1S/C17H21F2N5O3/c1-27-15-13-10(16(25)24(21)17(26)23(13)9-2-3-9)4-11(18)14(15)22-6-8(5-20)12(19)7-22/h4,8-9,12H,2-3,5-7,20-21H2,1H3/t8-,12+/m1/s1. The fourth-order valence-electron chi connectivity index (χ4n) is 3.83.